The van der Waals surface area contributed by atoms with Gasteiger partial charge in [0.05, 0.1) is 18.8 Å². The maximum atomic E-state index is 5.86. The largest absolute Gasteiger partial charge is 0.316 e. The van der Waals surface area contributed by atoms with Crippen molar-refractivity contribution in [3.63, 3.8) is 0 Å². The minimum absolute atomic E-state index is 0.771. The van der Waals surface area contributed by atoms with Gasteiger partial charge in [0.2, 0.25) is 4.77 Å². The zero-order valence-electron chi connectivity index (χ0n) is 15.2. The van der Waals surface area contributed by atoms with Crippen molar-refractivity contribution in [2.24, 2.45) is 0 Å². The van der Waals surface area contributed by atoms with Crippen LogP contribution in [0.5, 0.6) is 0 Å². The standard InChI is InChI=1S/C21H24N4S/c1-17-9-8-12-19(15-17)25-20(18-10-4-2-5-11-18)22-24(21(25)26)16-23-13-6-3-7-14-23/h2,4-5,8-12,15H,3,6-7,13-14,16H2,1H3/p+1. The van der Waals surface area contributed by atoms with Gasteiger partial charge in [-0.3, -0.25) is 4.57 Å². The van der Waals surface area contributed by atoms with Gasteiger partial charge in [0.1, 0.15) is 0 Å². The minimum Gasteiger partial charge on any atom is -0.316 e. The van der Waals surface area contributed by atoms with Gasteiger partial charge in [-0.05, 0) is 56.1 Å². The number of hydrogen-bond acceptors (Lipinski definition) is 2. The highest BCUT2D eigenvalue weighted by molar-refractivity contribution is 7.71. The second-order valence-electron chi connectivity index (χ2n) is 7.11. The van der Waals surface area contributed by atoms with E-state index in [2.05, 4.69) is 47.9 Å². The first-order valence-electron chi connectivity index (χ1n) is 9.38. The van der Waals surface area contributed by atoms with Gasteiger partial charge < -0.3 is 4.90 Å². The van der Waals surface area contributed by atoms with E-state index in [1.807, 2.05) is 22.9 Å². The summed E-state index contributed by atoms with van der Waals surface area (Å²) >= 11 is 5.86. The van der Waals surface area contributed by atoms with Crippen molar-refractivity contribution in [3.8, 4) is 17.1 Å². The quantitative estimate of drug-likeness (QED) is 0.718. The second kappa shape index (κ2) is 7.56. The molecule has 1 fully saturated rings. The van der Waals surface area contributed by atoms with Crippen LogP contribution in [0.15, 0.2) is 54.6 Å². The second-order valence-corrected chi connectivity index (χ2v) is 7.48. The van der Waals surface area contributed by atoms with E-state index in [-0.39, 0.29) is 0 Å². The highest BCUT2D eigenvalue weighted by atomic mass is 32.1. The molecule has 2 heterocycles. The molecule has 0 amide bonds. The fourth-order valence-corrected chi connectivity index (χ4v) is 4.00. The van der Waals surface area contributed by atoms with Crippen LogP contribution < -0.4 is 4.90 Å². The normalized spacial score (nSPS) is 15.3. The van der Waals surface area contributed by atoms with Crippen LogP contribution in [0.25, 0.3) is 17.1 Å². The Labute approximate surface area is 159 Å². The lowest BCUT2D eigenvalue weighted by atomic mass is 10.1. The van der Waals surface area contributed by atoms with E-state index in [9.17, 15) is 0 Å². The van der Waals surface area contributed by atoms with Gasteiger partial charge in [0.25, 0.3) is 0 Å². The van der Waals surface area contributed by atoms with Gasteiger partial charge in [-0.2, -0.15) is 4.68 Å². The number of quaternary nitrogens is 1. The van der Waals surface area contributed by atoms with Gasteiger partial charge in [-0.15, -0.1) is 5.10 Å². The number of piperidine rings is 1. The number of nitrogens with zero attached hydrogens (tertiary/aromatic N) is 3. The highest BCUT2D eigenvalue weighted by Gasteiger charge is 2.19. The molecular formula is C21H25N4S+. The lowest BCUT2D eigenvalue weighted by molar-refractivity contribution is -0.928. The molecule has 1 aliphatic heterocycles. The van der Waals surface area contributed by atoms with Crippen LogP contribution >= 0.6 is 12.2 Å². The maximum Gasteiger partial charge on any atom is 0.207 e. The molecule has 1 aromatic heterocycles. The van der Waals surface area contributed by atoms with Crippen molar-refractivity contribution in [2.75, 3.05) is 13.1 Å². The van der Waals surface area contributed by atoms with E-state index in [0.717, 1.165) is 28.5 Å². The number of rotatable bonds is 4. The van der Waals surface area contributed by atoms with Crippen LogP contribution in [0.3, 0.4) is 0 Å². The molecule has 0 unspecified atom stereocenters. The monoisotopic (exact) mass is 365 g/mol. The third-order valence-corrected chi connectivity index (χ3v) is 5.46. The smallest absolute Gasteiger partial charge is 0.207 e. The zero-order valence-corrected chi connectivity index (χ0v) is 16.0. The summed E-state index contributed by atoms with van der Waals surface area (Å²) in [6.45, 7) is 5.37. The van der Waals surface area contributed by atoms with Crippen LogP contribution in [0, 0.1) is 11.7 Å². The Bertz CT molecular complexity index is 936. The molecule has 134 valence electrons. The van der Waals surface area contributed by atoms with Gasteiger partial charge in [0.15, 0.2) is 12.5 Å². The van der Waals surface area contributed by atoms with E-state index < -0.39 is 0 Å². The molecule has 0 radical (unpaired) electrons. The molecule has 0 atom stereocenters. The summed E-state index contributed by atoms with van der Waals surface area (Å²) in [7, 11) is 0. The lowest BCUT2D eigenvalue weighted by Crippen LogP contribution is -3.12. The van der Waals surface area contributed by atoms with E-state index in [0.29, 0.717) is 0 Å². The molecule has 0 aliphatic carbocycles. The van der Waals surface area contributed by atoms with Crippen molar-refractivity contribution < 1.29 is 4.90 Å². The van der Waals surface area contributed by atoms with Crippen molar-refractivity contribution in [1.82, 2.24) is 14.3 Å². The minimum atomic E-state index is 0.771. The molecule has 1 aliphatic rings. The van der Waals surface area contributed by atoms with Gasteiger partial charge >= 0.3 is 0 Å². The molecule has 1 N–H and O–H groups in total. The highest BCUT2D eigenvalue weighted by Crippen LogP contribution is 2.22. The van der Waals surface area contributed by atoms with Crippen LogP contribution in [0.2, 0.25) is 0 Å². The van der Waals surface area contributed by atoms with Crippen LogP contribution in [0.4, 0.5) is 0 Å². The van der Waals surface area contributed by atoms with Crippen molar-refractivity contribution in [1.29, 1.82) is 0 Å². The van der Waals surface area contributed by atoms with Gasteiger partial charge in [0, 0.05) is 5.56 Å². The molecule has 4 rings (SSSR count). The van der Waals surface area contributed by atoms with E-state index in [4.69, 9.17) is 17.3 Å². The molecule has 3 aromatic rings. The number of likely N-dealkylation sites (tertiary alicyclic amines) is 1. The summed E-state index contributed by atoms with van der Waals surface area (Å²) in [6.07, 6.45) is 3.95. The summed E-state index contributed by atoms with van der Waals surface area (Å²) in [5.41, 5.74) is 3.39. The van der Waals surface area contributed by atoms with E-state index >= 15 is 0 Å². The predicted octanol–water partition coefficient (Wildman–Crippen LogP) is 3.41. The van der Waals surface area contributed by atoms with Crippen LogP contribution in [-0.2, 0) is 6.67 Å². The molecule has 5 heteroatoms. The Morgan fingerprint density at radius 1 is 1.00 bits per heavy atom. The Balaban J connectivity index is 1.81. The topological polar surface area (TPSA) is 27.2 Å². The number of benzene rings is 2. The van der Waals surface area contributed by atoms with Crippen molar-refractivity contribution in [3.05, 3.63) is 64.9 Å². The molecule has 0 saturated carbocycles. The number of hydrogen-bond donors (Lipinski definition) is 1. The first-order chi connectivity index (χ1) is 12.7. The van der Waals surface area contributed by atoms with Gasteiger partial charge in [-0.1, -0.05) is 42.5 Å². The third kappa shape index (κ3) is 3.50. The number of nitrogens with one attached hydrogen (secondary N) is 1. The van der Waals surface area contributed by atoms with Crippen molar-refractivity contribution >= 4 is 12.2 Å². The fourth-order valence-electron chi connectivity index (χ4n) is 3.71. The number of aromatic nitrogens is 3. The summed E-state index contributed by atoms with van der Waals surface area (Å²) in [4.78, 5) is 1.57. The third-order valence-electron chi connectivity index (χ3n) is 5.07. The van der Waals surface area contributed by atoms with Crippen LogP contribution in [0.1, 0.15) is 24.8 Å². The summed E-state index contributed by atoms with van der Waals surface area (Å²) in [5.74, 6) is 0.914. The molecule has 0 bridgehead atoms. The van der Waals surface area contributed by atoms with E-state index in [1.165, 1.54) is 37.9 Å². The summed E-state index contributed by atoms with van der Waals surface area (Å²) < 4.78 is 4.90. The maximum absolute atomic E-state index is 5.86. The summed E-state index contributed by atoms with van der Waals surface area (Å²) in [5, 5.41) is 4.93. The Morgan fingerprint density at radius 2 is 1.77 bits per heavy atom. The SMILES string of the molecule is Cc1cccc(-n2c(-c3ccccc3)nn(C[NH+]3CCCCC3)c2=S)c1. The molecule has 1 saturated heterocycles. The fraction of sp³-hybridized carbons (Fsp3) is 0.333. The summed E-state index contributed by atoms with van der Waals surface area (Å²) in [6, 6.07) is 18.8. The Kier molecular flexibility index (Phi) is 5.00. The molecule has 2 aromatic carbocycles. The zero-order chi connectivity index (χ0) is 17.9. The Morgan fingerprint density at radius 3 is 2.50 bits per heavy atom. The first-order valence-corrected chi connectivity index (χ1v) is 9.79. The van der Waals surface area contributed by atoms with Gasteiger partial charge in [-0.25, -0.2) is 0 Å². The Hall–Kier alpha value is -2.24. The molecule has 4 nitrogen and oxygen atoms in total. The first kappa shape index (κ1) is 17.2. The average Bonchev–Trinajstić information content (AvgIpc) is 3.00. The lowest BCUT2D eigenvalue weighted by Gasteiger charge is -2.22. The molecule has 26 heavy (non-hydrogen) atoms. The number of aryl methyl sites for hydroxylation is 1. The predicted molar refractivity (Wildman–Crippen MR) is 107 cm³/mol. The van der Waals surface area contributed by atoms with Crippen LogP contribution in [-0.4, -0.2) is 27.4 Å². The van der Waals surface area contributed by atoms with E-state index in [1.54, 1.807) is 4.90 Å². The molecule has 0 spiro atoms. The molecular weight excluding hydrogens is 340 g/mol. The average molecular weight is 366 g/mol. The van der Waals surface area contributed by atoms with Crippen molar-refractivity contribution in [2.45, 2.75) is 32.9 Å².